The third-order valence-electron chi connectivity index (χ3n) is 5.99. The number of hydrogen-bond acceptors (Lipinski definition) is 5. The number of halogens is 2. The summed E-state index contributed by atoms with van der Waals surface area (Å²) in [6.07, 6.45) is 1.49. The van der Waals surface area contributed by atoms with Crippen molar-refractivity contribution < 1.29 is 13.6 Å². The monoisotopic (exact) mass is 449 g/mol. The summed E-state index contributed by atoms with van der Waals surface area (Å²) in [5, 5.41) is 10.1. The van der Waals surface area contributed by atoms with Gasteiger partial charge in [0.05, 0.1) is 6.54 Å². The molecule has 7 nitrogen and oxygen atoms in total. The number of fused-ring (bicyclic) bond motifs is 3. The fraction of sp³-hybridized carbons (Fsp3) is 0.571. The van der Waals surface area contributed by atoms with Gasteiger partial charge in [-0.05, 0) is 30.4 Å². The van der Waals surface area contributed by atoms with E-state index in [9.17, 15) is 18.4 Å². The van der Waals surface area contributed by atoms with Crippen LogP contribution in [-0.2, 0) is 11.3 Å². The normalized spacial score (nSPS) is 21.9. The Morgan fingerprint density at radius 3 is 2.87 bits per heavy atom. The van der Waals surface area contributed by atoms with Crippen LogP contribution in [0.5, 0.6) is 0 Å². The summed E-state index contributed by atoms with van der Waals surface area (Å²) < 4.78 is 31.3. The maximum absolute atomic E-state index is 14.2. The molecule has 2 fully saturated rings. The van der Waals surface area contributed by atoms with Crippen molar-refractivity contribution in [3.05, 3.63) is 33.7 Å². The third kappa shape index (κ3) is 3.87. The quantitative estimate of drug-likeness (QED) is 0.650. The van der Waals surface area contributed by atoms with Gasteiger partial charge in [-0.25, -0.2) is 13.5 Å². The molecular formula is C21H25F2N5O2S. The van der Waals surface area contributed by atoms with Gasteiger partial charge < -0.3 is 5.32 Å². The number of piperidine rings is 1. The van der Waals surface area contributed by atoms with Crippen molar-refractivity contribution in [2.24, 2.45) is 0 Å². The molecule has 0 aromatic carbocycles. The summed E-state index contributed by atoms with van der Waals surface area (Å²) >= 11 is 1.53. The van der Waals surface area contributed by atoms with Crippen LogP contribution in [0.2, 0.25) is 0 Å². The predicted octanol–water partition coefficient (Wildman–Crippen LogP) is 2.82. The van der Waals surface area contributed by atoms with Crippen molar-refractivity contribution in [2.45, 2.75) is 63.6 Å². The van der Waals surface area contributed by atoms with Crippen molar-refractivity contribution in [3.8, 4) is 0 Å². The van der Waals surface area contributed by atoms with Gasteiger partial charge in [0.2, 0.25) is 5.91 Å². The molecule has 3 aromatic rings. The molecule has 1 aliphatic carbocycles. The lowest BCUT2D eigenvalue weighted by molar-refractivity contribution is -0.125. The molecule has 4 heterocycles. The Morgan fingerprint density at radius 2 is 2.16 bits per heavy atom. The Bertz CT molecular complexity index is 1210. The lowest BCUT2D eigenvalue weighted by atomic mass is 10.0. The molecule has 2 aliphatic rings. The first-order valence-corrected chi connectivity index (χ1v) is 11.5. The molecule has 0 spiro atoms. The number of carbonyl (C=O) groups is 1. The van der Waals surface area contributed by atoms with Crippen LogP contribution in [0.4, 0.5) is 8.78 Å². The van der Waals surface area contributed by atoms with Crippen molar-refractivity contribution in [1.82, 2.24) is 24.4 Å². The number of aromatic nitrogens is 3. The standard InChI is InChI=1S/C21H25F2N5O2S/c1-12(2)18-25-27(19(30)16-7-13-5-6-31-20(13)28(16)18)10-17(29)24-14-8-21(22,23)11-26(9-14)15-3-4-15/h5-7,12,14-15H,3-4,8-11H2,1-2H3,(H,24,29). The molecule has 1 atom stereocenters. The predicted molar refractivity (Wildman–Crippen MR) is 115 cm³/mol. The summed E-state index contributed by atoms with van der Waals surface area (Å²) in [6, 6.07) is 3.32. The van der Waals surface area contributed by atoms with Crippen LogP contribution in [-0.4, -0.2) is 56.1 Å². The van der Waals surface area contributed by atoms with Gasteiger partial charge >= 0.3 is 0 Å². The number of nitrogens with zero attached hydrogens (tertiary/aromatic N) is 4. The zero-order valence-electron chi connectivity index (χ0n) is 17.5. The number of thiophene rings is 1. The van der Waals surface area contributed by atoms with Crippen LogP contribution in [0.25, 0.3) is 15.7 Å². The molecule has 1 N–H and O–H groups in total. The summed E-state index contributed by atoms with van der Waals surface area (Å²) in [7, 11) is 0. The van der Waals surface area contributed by atoms with Crippen molar-refractivity contribution in [3.63, 3.8) is 0 Å². The number of hydrogen-bond donors (Lipinski definition) is 1. The topological polar surface area (TPSA) is 71.6 Å². The molecule has 1 saturated heterocycles. The molecule has 1 unspecified atom stereocenters. The molecule has 1 amide bonds. The highest BCUT2D eigenvalue weighted by Crippen LogP contribution is 2.35. The Hall–Kier alpha value is -2.33. The van der Waals surface area contributed by atoms with Gasteiger partial charge in [0.1, 0.15) is 22.7 Å². The van der Waals surface area contributed by atoms with Crippen LogP contribution in [0.15, 0.2) is 22.3 Å². The first-order chi connectivity index (χ1) is 14.7. The van der Waals surface area contributed by atoms with E-state index in [4.69, 9.17) is 0 Å². The maximum Gasteiger partial charge on any atom is 0.291 e. The van der Waals surface area contributed by atoms with Crippen molar-refractivity contribution in [1.29, 1.82) is 0 Å². The average Bonchev–Trinajstić information content (AvgIpc) is 3.32. The van der Waals surface area contributed by atoms with Gasteiger partial charge in [-0.15, -0.1) is 11.3 Å². The molecule has 166 valence electrons. The molecule has 1 saturated carbocycles. The minimum Gasteiger partial charge on any atom is -0.350 e. The van der Waals surface area contributed by atoms with E-state index >= 15 is 0 Å². The number of likely N-dealkylation sites (tertiary alicyclic amines) is 1. The van der Waals surface area contributed by atoms with E-state index in [1.807, 2.05) is 35.8 Å². The summed E-state index contributed by atoms with van der Waals surface area (Å²) in [5.74, 6) is -2.58. The highest BCUT2D eigenvalue weighted by atomic mass is 32.1. The minimum atomic E-state index is -2.82. The van der Waals surface area contributed by atoms with Crippen LogP contribution in [0, 0.1) is 0 Å². The number of alkyl halides is 2. The van der Waals surface area contributed by atoms with E-state index < -0.39 is 17.9 Å². The van der Waals surface area contributed by atoms with E-state index in [0.29, 0.717) is 17.9 Å². The first-order valence-electron chi connectivity index (χ1n) is 10.6. The van der Waals surface area contributed by atoms with E-state index in [0.717, 1.165) is 27.7 Å². The summed E-state index contributed by atoms with van der Waals surface area (Å²) in [6.45, 7) is 3.84. The van der Waals surface area contributed by atoms with E-state index in [1.54, 1.807) is 4.90 Å². The highest BCUT2D eigenvalue weighted by molar-refractivity contribution is 7.16. The van der Waals surface area contributed by atoms with Gasteiger partial charge in [-0.3, -0.25) is 18.9 Å². The Morgan fingerprint density at radius 1 is 1.39 bits per heavy atom. The van der Waals surface area contributed by atoms with Gasteiger partial charge in [0.15, 0.2) is 0 Å². The minimum absolute atomic E-state index is 0.0271. The van der Waals surface area contributed by atoms with Crippen LogP contribution in [0.1, 0.15) is 44.9 Å². The largest absolute Gasteiger partial charge is 0.350 e. The molecule has 0 radical (unpaired) electrons. The summed E-state index contributed by atoms with van der Waals surface area (Å²) in [5.41, 5.74) is 0.106. The first kappa shape index (κ1) is 20.6. The Kier molecular flexibility index (Phi) is 4.89. The maximum atomic E-state index is 14.2. The van der Waals surface area contributed by atoms with E-state index in [-0.39, 0.29) is 37.0 Å². The molecular weight excluding hydrogens is 424 g/mol. The molecule has 31 heavy (non-hydrogen) atoms. The van der Waals surface area contributed by atoms with Gasteiger partial charge in [-0.1, -0.05) is 13.8 Å². The zero-order chi connectivity index (χ0) is 21.9. The second-order valence-electron chi connectivity index (χ2n) is 9.01. The van der Waals surface area contributed by atoms with Crippen molar-refractivity contribution >= 4 is 33.0 Å². The Balaban J connectivity index is 1.40. The van der Waals surface area contributed by atoms with Crippen LogP contribution in [0.3, 0.4) is 0 Å². The smallest absolute Gasteiger partial charge is 0.291 e. The molecule has 1 aliphatic heterocycles. The second kappa shape index (κ2) is 7.37. The SMILES string of the molecule is CC(C)c1nn(CC(=O)NC2CN(C3CC3)CC(F)(F)C2)c(=O)c2cc3ccsc3n12. The highest BCUT2D eigenvalue weighted by Gasteiger charge is 2.45. The number of rotatable bonds is 5. The van der Waals surface area contributed by atoms with E-state index in [2.05, 4.69) is 10.4 Å². The zero-order valence-corrected chi connectivity index (χ0v) is 18.3. The third-order valence-corrected chi connectivity index (χ3v) is 6.90. The van der Waals surface area contributed by atoms with Gasteiger partial charge in [0.25, 0.3) is 11.5 Å². The number of nitrogens with one attached hydrogen (secondary N) is 1. The number of carbonyl (C=O) groups excluding carboxylic acids is 1. The lowest BCUT2D eigenvalue weighted by Crippen LogP contribution is -2.56. The fourth-order valence-electron chi connectivity index (χ4n) is 4.49. The van der Waals surface area contributed by atoms with Gasteiger partial charge in [0, 0.05) is 36.4 Å². The molecule has 3 aromatic heterocycles. The summed E-state index contributed by atoms with van der Waals surface area (Å²) in [4.78, 5) is 28.4. The second-order valence-corrected chi connectivity index (χ2v) is 9.90. The average molecular weight is 450 g/mol. The van der Waals surface area contributed by atoms with Crippen molar-refractivity contribution in [2.75, 3.05) is 13.1 Å². The van der Waals surface area contributed by atoms with Crippen LogP contribution < -0.4 is 10.9 Å². The Labute approximate surface area is 181 Å². The van der Waals surface area contributed by atoms with E-state index in [1.165, 1.54) is 11.3 Å². The molecule has 0 bridgehead atoms. The molecule has 10 heteroatoms. The molecule has 5 rings (SSSR count). The lowest BCUT2D eigenvalue weighted by Gasteiger charge is -2.38. The fourth-order valence-corrected chi connectivity index (χ4v) is 5.40. The van der Waals surface area contributed by atoms with Crippen LogP contribution >= 0.6 is 11.3 Å². The number of amides is 1. The van der Waals surface area contributed by atoms with Gasteiger partial charge in [-0.2, -0.15) is 5.10 Å².